The van der Waals surface area contributed by atoms with Crippen molar-refractivity contribution in [3.8, 4) is 17.0 Å². The SMILES string of the molecule is COc1cccc(-c2cc(=O)[nH]c(Nc3ccc(Cl)c(F)c3)n2)c1. The fraction of sp³-hybridized carbons (Fsp3) is 0.0588. The molecule has 0 saturated carbocycles. The molecule has 0 unspecified atom stereocenters. The number of rotatable bonds is 4. The van der Waals surface area contributed by atoms with Crippen LogP contribution in [0.15, 0.2) is 53.3 Å². The minimum absolute atomic E-state index is 0.0205. The van der Waals surface area contributed by atoms with Gasteiger partial charge in [-0.25, -0.2) is 9.37 Å². The molecule has 0 aliphatic carbocycles. The van der Waals surface area contributed by atoms with Gasteiger partial charge in [-0.15, -0.1) is 0 Å². The molecule has 0 bridgehead atoms. The second kappa shape index (κ2) is 6.72. The molecule has 7 heteroatoms. The fourth-order valence-corrected chi connectivity index (χ4v) is 2.28. The quantitative estimate of drug-likeness (QED) is 0.750. The summed E-state index contributed by atoms with van der Waals surface area (Å²) in [6.45, 7) is 0. The maximum absolute atomic E-state index is 13.5. The van der Waals surface area contributed by atoms with Gasteiger partial charge in [0.15, 0.2) is 0 Å². The third kappa shape index (κ3) is 3.55. The molecule has 0 aliphatic rings. The molecule has 0 fully saturated rings. The predicted molar refractivity (Wildman–Crippen MR) is 91.5 cm³/mol. The van der Waals surface area contributed by atoms with Gasteiger partial charge >= 0.3 is 0 Å². The highest BCUT2D eigenvalue weighted by molar-refractivity contribution is 6.30. The third-order valence-electron chi connectivity index (χ3n) is 3.29. The van der Waals surface area contributed by atoms with Gasteiger partial charge in [0.1, 0.15) is 11.6 Å². The van der Waals surface area contributed by atoms with Crippen LogP contribution in [0.25, 0.3) is 11.3 Å². The van der Waals surface area contributed by atoms with Crippen LogP contribution in [0.5, 0.6) is 5.75 Å². The molecular weight excluding hydrogens is 333 g/mol. The lowest BCUT2D eigenvalue weighted by Gasteiger charge is -2.08. The highest BCUT2D eigenvalue weighted by Gasteiger charge is 2.07. The van der Waals surface area contributed by atoms with Crippen LogP contribution in [0.3, 0.4) is 0 Å². The van der Waals surface area contributed by atoms with Gasteiger partial charge in [0.2, 0.25) is 5.95 Å². The van der Waals surface area contributed by atoms with E-state index in [0.717, 1.165) is 5.56 Å². The van der Waals surface area contributed by atoms with Gasteiger partial charge in [-0.05, 0) is 30.3 Å². The van der Waals surface area contributed by atoms with E-state index < -0.39 is 5.82 Å². The van der Waals surface area contributed by atoms with Crippen LogP contribution in [0.1, 0.15) is 0 Å². The highest BCUT2D eigenvalue weighted by Crippen LogP contribution is 2.23. The predicted octanol–water partition coefficient (Wildman–Crippen LogP) is 3.98. The van der Waals surface area contributed by atoms with Crippen molar-refractivity contribution in [3.63, 3.8) is 0 Å². The number of halogens is 2. The molecule has 0 spiro atoms. The minimum Gasteiger partial charge on any atom is -0.497 e. The van der Waals surface area contributed by atoms with Gasteiger partial charge in [0.25, 0.3) is 5.56 Å². The minimum atomic E-state index is -0.562. The summed E-state index contributed by atoms with van der Waals surface area (Å²) >= 11 is 5.65. The Morgan fingerprint density at radius 3 is 2.79 bits per heavy atom. The average molecular weight is 346 g/mol. The second-order valence-corrected chi connectivity index (χ2v) is 5.37. The molecule has 2 N–H and O–H groups in total. The first-order chi connectivity index (χ1) is 11.5. The molecule has 1 aromatic heterocycles. The summed E-state index contributed by atoms with van der Waals surface area (Å²) in [7, 11) is 1.56. The average Bonchev–Trinajstić information content (AvgIpc) is 2.58. The van der Waals surface area contributed by atoms with Gasteiger partial charge in [-0.3, -0.25) is 9.78 Å². The monoisotopic (exact) mass is 345 g/mol. The standard InChI is InChI=1S/C17H13ClFN3O2/c1-24-12-4-2-3-10(7-12)15-9-16(23)22-17(21-15)20-11-5-6-13(18)14(19)8-11/h2-9H,1H3,(H2,20,21,22,23). The lowest BCUT2D eigenvalue weighted by Crippen LogP contribution is -2.10. The molecular formula is C17H13ClFN3O2. The molecule has 5 nitrogen and oxygen atoms in total. The van der Waals surface area contributed by atoms with Crippen LogP contribution in [-0.2, 0) is 0 Å². The van der Waals surface area contributed by atoms with E-state index in [-0.39, 0.29) is 16.5 Å². The number of methoxy groups -OCH3 is 1. The van der Waals surface area contributed by atoms with Gasteiger partial charge in [-0.2, -0.15) is 0 Å². The molecule has 0 saturated heterocycles. The maximum atomic E-state index is 13.5. The first-order valence-electron chi connectivity index (χ1n) is 7.03. The summed E-state index contributed by atoms with van der Waals surface area (Å²) < 4.78 is 18.7. The molecule has 24 heavy (non-hydrogen) atoms. The van der Waals surface area contributed by atoms with Gasteiger partial charge < -0.3 is 10.1 Å². The fourth-order valence-electron chi connectivity index (χ4n) is 2.16. The van der Waals surface area contributed by atoms with Crippen molar-refractivity contribution in [2.24, 2.45) is 0 Å². The number of nitrogens with zero attached hydrogens (tertiary/aromatic N) is 1. The number of aromatic amines is 1. The topological polar surface area (TPSA) is 67.0 Å². The molecule has 0 atom stereocenters. The number of hydrogen-bond acceptors (Lipinski definition) is 4. The summed E-state index contributed by atoms with van der Waals surface area (Å²) in [5.41, 5.74) is 1.28. The zero-order chi connectivity index (χ0) is 17.1. The molecule has 3 rings (SSSR count). The van der Waals surface area contributed by atoms with Gasteiger partial charge in [0.05, 0.1) is 17.8 Å². The van der Waals surface area contributed by atoms with Crippen molar-refractivity contribution in [2.45, 2.75) is 0 Å². The van der Waals surface area contributed by atoms with Gasteiger partial charge in [-0.1, -0.05) is 23.7 Å². The Labute approximate surface area is 142 Å². The zero-order valence-corrected chi connectivity index (χ0v) is 13.4. The van der Waals surface area contributed by atoms with E-state index in [1.807, 2.05) is 6.07 Å². The molecule has 0 aliphatic heterocycles. The molecule has 122 valence electrons. The first-order valence-corrected chi connectivity index (χ1v) is 7.41. The number of anilines is 2. The van der Waals surface area contributed by atoms with Crippen molar-refractivity contribution < 1.29 is 9.13 Å². The van der Waals surface area contributed by atoms with E-state index in [2.05, 4.69) is 15.3 Å². The van der Waals surface area contributed by atoms with Crippen molar-refractivity contribution in [3.05, 3.63) is 69.7 Å². The van der Waals surface area contributed by atoms with Crippen molar-refractivity contribution in [2.75, 3.05) is 12.4 Å². The Morgan fingerprint density at radius 1 is 1.21 bits per heavy atom. The normalized spacial score (nSPS) is 10.5. The van der Waals surface area contributed by atoms with Crippen molar-refractivity contribution in [1.29, 1.82) is 0 Å². The number of ether oxygens (including phenoxy) is 1. The Hall–Kier alpha value is -2.86. The summed E-state index contributed by atoms with van der Waals surface area (Å²) in [5, 5.41) is 2.88. The van der Waals surface area contributed by atoms with Crippen LogP contribution in [0.2, 0.25) is 5.02 Å². The second-order valence-electron chi connectivity index (χ2n) is 4.97. The lowest BCUT2D eigenvalue weighted by atomic mass is 10.1. The van der Waals surface area contributed by atoms with E-state index in [1.54, 1.807) is 31.4 Å². The Morgan fingerprint density at radius 2 is 2.04 bits per heavy atom. The zero-order valence-electron chi connectivity index (χ0n) is 12.6. The van der Waals surface area contributed by atoms with E-state index in [0.29, 0.717) is 17.1 Å². The van der Waals surface area contributed by atoms with Crippen LogP contribution >= 0.6 is 11.6 Å². The third-order valence-corrected chi connectivity index (χ3v) is 3.60. The number of nitrogens with one attached hydrogen (secondary N) is 2. The highest BCUT2D eigenvalue weighted by atomic mass is 35.5. The lowest BCUT2D eigenvalue weighted by molar-refractivity contribution is 0.415. The van der Waals surface area contributed by atoms with Crippen LogP contribution in [0.4, 0.5) is 16.0 Å². The van der Waals surface area contributed by atoms with Crippen LogP contribution in [0, 0.1) is 5.82 Å². The van der Waals surface area contributed by atoms with Crippen molar-refractivity contribution in [1.82, 2.24) is 9.97 Å². The van der Waals surface area contributed by atoms with E-state index in [4.69, 9.17) is 16.3 Å². The number of benzene rings is 2. The van der Waals surface area contributed by atoms with Gasteiger partial charge in [0, 0.05) is 17.3 Å². The largest absolute Gasteiger partial charge is 0.497 e. The van der Waals surface area contributed by atoms with E-state index in [1.165, 1.54) is 18.2 Å². The molecule has 3 aromatic rings. The molecule has 0 amide bonds. The van der Waals surface area contributed by atoms with Crippen LogP contribution < -0.4 is 15.6 Å². The number of H-pyrrole nitrogens is 1. The maximum Gasteiger partial charge on any atom is 0.252 e. The van der Waals surface area contributed by atoms with Crippen molar-refractivity contribution >= 4 is 23.2 Å². The summed E-state index contributed by atoms with van der Waals surface area (Å²) in [5.74, 6) is 0.291. The first kappa shape index (κ1) is 16.0. The Bertz CT molecular complexity index is 943. The Balaban J connectivity index is 1.96. The molecule has 2 aromatic carbocycles. The Kier molecular flexibility index (Phi) is 4.48. The molecule has 1 heterocycles. The molecule has 0 radical (unpaired) electrons. The number of hydrogen-bond donors (Lipinski definition) is 2. The van der Waals surface area contributed by atoms with E-state index >= 15 is 0 Å². The summed E-state index contributed by atoms with van der Waals surface area (Å²) in [4.78, 5) is 18.8. The number of aromatic nitrogens is 2. The smallest absolute Gasteiger partial charge is 0.252 e. The summed E-state index contributed by atoms with van der Waals surface area (Å²) in [6.07, 6.45) is 0. The van der Waals surface area contributed by atoms with E-state index in [9.17, 15) is 9.18 Å². The van der Waals surface area contributed by atoms with Crippen LogP contribution in [-0.4, -0.2) is 17.1 Å². The summed E-state index contributed by atoms with van der Waals surface area (Å²) in [6, 6.07) is 12.8.